The average Bonchev–Trinajstić information content (AvgIpc) is 2.26. The maximum absolute atomic E-state index is 11.9. The Labute approximate surface area is 101 Å². The fourth-order valence-corrected chi connectivity index (χ4v) is 1.46. The maximum Gasteiger partial charge on any atom is 0.253 e. The zero-order valence-corrected chi connectivity index (χ0v) is 10.5. The first-order valence-corrected chi connectivity index (χ1v) is 5.63. The number of carbonyl (C=O) groups excluding carboxylic acids is 1. The molecule has 1 heterocycles. The normalized spacial score (nSPS) is 10.0. The van der Waals surface area contributed by atoms with Crippen LogP contribution in [0, 0.1) is 0 Å². The summed E-state index contributed by atoms with van der Waals surface area (Å²) in [6.07, 6.45) is 0. The van der Waals surface area contributed by atoms with Gasteiger partial charge in [-0.3, -0.25) is 4.79 Å². The Hall–Kier alpha value is -1.29. The van der Waals surface area contributed by atoms with Gasteiger partial charge in [-0.15, -0.1) is 0 Å². The molecular weight excluding hydrogens is 226 g/mol. The Kier molecular flexibility index (Phi) is 4.55. The van der Waals surface area contributed by atoms with Crippen molar-refractivity contribution in [3.8, 4) is 0 Å². The summed E-state index contributed by atoms with van der Waals surface area (Å²) in [4.78, 5) is 17.6. The molecule has 0 fully saturated rings. The zero-order chi connectivity index (χ0) is 12.1. The number of carbonyl (C=O) groups is 1. The van der Waals surface area contributed by atoms with E-state index in [9.17, 15) is 4.79 Å². The molecule has 0 aliphatic rings. The quantitative estimate of drug-likeness (QED) is 0.823. The summed E-state index contributed by atoms with van der Waals surface area (Å²) in [5.41, 5.74) is 0.556. The van der Waals surface area contributed by atoms with Crippen molar-refractivity contribution in [2.75, 3.05) is 25.5 Å². The fraction of sp³-hybridized carbons (Fsp3) is 0.455. The molecule has 5 heteroatoms. The molecule has 0 spiro atoms. The van der Waals surface area contributed by atoms with Crippen LogP contribution in [0.3, 0.4) is 0 Å². The van der Waals surface area contributed by atoms with Gasteiger partial charge < -0.3 is 10.2 Å². The Bertz CT molecular complexity index is 381. The summed E-state index contributed by atoms with van der Waals surface area (Å²) in [5.74, 6) is 0.578. The van der Waals surface area contributed by atoms with E-state index in [1.807, 2.05) is 13.8 Å². The Morgan fingerprint density at radius 2 is 2.19 bits per heavy atom. The second kappa shape index (κ2) is 5.70. The summed E-state index contributed by atoms with van der Waals surface area (Å²) >= 11 is 5.86. The zero-order valence-electron chi connectivity index (χ0n) is 9.75. The number of hydrogen-bond donors (Lipinski definition) is 1. The number of rotatable bonds is 4. The van der Waals surface area contributed by atoms with Gasteiger partial charge in [0.2, 0.25) is 0 Å². The molecule has 88 valence electrons. The first-order chi connectivity index (χ1) is 7.58. The van der Waals surface area contributed by atoms with Crippen LogP contribution in [0.4, 0.5) is 5.82 Å². The summed E-state index contributed by atoms with van der Waals surface area (Å²) < 4.78 is 0. The van der Waals surface area contributed by atoms with E-state index in [0.29, 0.717) is 23.1 Å². The molecule has 0 atom stereocenters. The molecule has 0 saturated heterocycles. The van der Waals surface area contributed by atoms with Crippen LogP contribution in [0.1, 0.15) is 24.2 Å². The van der Waals surface area contributed by atoms with Crippen LogP contribution < -0.4 is 5.32 Å². The third-order valence-electron chi connectivity index (χ3n) is 2.22. The van der Waals surface area contributed by atoms with Crippen LogP contribution in [-0.2, 0) is 0 Å². The average molecular weight is 242 g/mol. The molecular formula is C11H16ClN3O. The van der Waals surface area contributed by atoms with E-state index in [4.69, 9.17) is 11.6 Å². The first kappa shape index (κ1) is 12.8. The Morgan fingerprint density at radius 1 is 1.50 bits per heavy atom. The Balaban J connectivity index is 2.99. The van der Waals surface area contributed by atoms with Gasteiger partial charge in [-0.05, 0) is 26.0 Å². The molecule has 4 nitrogen and oxygen atoms in total. The van der Waals surface area contributed by atoms with Gasteiger partial charge in [0, 0.05) is 25.7 Å². The van der Waals surface area contributed by atoms with Gasteiger partial charge in [-0.2, -0.15) is 0 Å². The van der Waals surface area contributed by atoms with Crippen LogP contribution >= 0.6 is 11.6 Å². The van der Waals surface area contributed by atoms with Gasteiger partial charge in [-0.25, -0.2) is 4.98 Å². The second-order valence-corrected chi connectivity index (χ2v) is 3.80. The van der Waals surface area contributed by atoms with Gasteiger partial charge in [0.1, 0.15) is 11.0 Å². The van der Waals surface area contributed by atoms with Crippen LogP contribution in [-0.4, -0.2) is 35.9 Å². The Morgan fingerprint density at radius 3 is 2.75 bits per heavy atom. The van der Waals surface area contributed by atoms with Gasteiger partial charge in [0.25, 0.3) is 5.91 Å². The predicted octanol–water partition coefficient (Wildman–Crippen LogP) is 2.26. The maximum atomic E-state index is 11.9. The summed E-state index contributed by atoms with van der Waals surface area (Å²) in [6.45, 7) is 5.29. The van der Waals surface area contributed by atoms with Crippen LogP contribution in [0.2, 0.25) is 5.15 Å². The van der Waals surface area contributed by atoms with E-state index < -0.39 is 0 Å². The van der Waals surface area contributed by atoms with Crippen molar-refractivity contribution >= 4 is 23.3 Å². The molecule has 1 aromatic rings. The lowest BCUT2D eigenvalue weighted by Crippen LogP contribution is -2.26. The minimum Gasteiger partial charge on any atom is -0.370 e. The van der Waals surface area contributed by atoms with E-state index in [1.54, 1.807) is 24.1 Å². The molecule has 1 aromatic heterocycles. The highest BCUT2D eigenvalue weighted by Gasteiger charge is 2.12. The predicted molar refractivity (Wildman–Crippen MR) is 66.0 cm³/mol. The highest BCUT2D eigenvalue weighted by molar-refractivity contribution is 6.29. The molecule has 1 rings (SSSR count). The second-order valence-electron chi connectivity index (χ2n) is 3.41. The molecule has 0 bridgehead atoms. The molecule has 0 aromatic carbocycles. The summed E-state index contributed by atoms with van der Waals surface area (Å²) in [6, 6.07) is 3.29. The lowest BCUT2D eigenvalue weighted by molar-refractivity contribution is 0.0802. The molecule has 1 amide bonds. The number of pyridine rings is 1. The summed E-state index contributed by atoms with van der Waals surface area (Å²) in [7, 11) is 1.75. The lowest BCUT2D eigenvalue weighted by atomic mass is 10.2. The largest absolute Gasteiger partial charge is 0.370 e. The number of anilines is 1. The van der Waals surface area contributed by atoms with Crippen molar-refractivity contribution in [2.45, 2.75) is 13.8 Å². The van der Waals surface area contributed by atoms with E-state index in [-0.39, 0.29) is 5.91 Å². The lowest BCUT2D eigenvalue weighted by Gasteiger charge is -2.15. The standard InChI is InChI=1S/C11H16ClN3O/c1-4-13-10-7-8(6-9(12)14-10)11(16)15(3)5-2/h6-7H,4-5H2,1-3H3,(H,13,14). The van der Waals surface area contributed by atoms with E-state index in [1.165, 1.54) is 0 Å². The number of amides is 1. The molecule has 0 saturated carbocycles. The molecule has 0 unspecified atom stereocenters. The number of halogens is 1. The highest BCUT2D eigenvalue weighted by atomic mass is 35.5. The monoisotopic (exact) mass is 241 g/mol. The molecule has 0 radical (unpaired) electrons. The molecule has 0 aliphatic carbocycles. The molecule has 1 N–H and O–H groups in total. The van der Waals surface area contributed by atoms with Crippen molar-refractivity contribution in [2.24, 2.45) is 0 Å². The fourth-order valence-electron chi connectivity index (χ4n) is 1.26. The number of nitrogens with zero attached hydrogens (tertiary/aromatic N) is 2. The SMILES string of the molecule is CCNc1cc(C(=O)N(C)CC)cc(Cl)n1. The number of aromatic nitrogens is 1. The minimum atomic E-state index is -0.0500. The van der Waals surface area contributed by atoms with Crippen molar-refractivity contribution in [1.82, 2.24) is 9.88 Å². The van der Waals surface area contributed by atoms with Crippen molar-refractivity contribution < 1.29 is 4.79 Å². The molecule has 16 heavy (non-hydrogen) atoms. The number of hydrogen-bond acceptors (Lipinski definition) is 3. The third-order valence-corrected chi connectivity index (χ3v) is 2.41. The van der Waals surface area contributed by atoms with Crippen molar-refractivity contribution in [3.05, 3.63) is 22.8 Å². The van der Waals surface area contributed by atoms with Crippen molar-refractivity contribution in [1.29, 1.82) is 0 Å². The topological polar surface area (TPSA) is 45.2 Å². The van der Waals surface area contributed by atoms with Crippen LogP contribution in [0.15, 0.2) is 12.1 Å². The van der Waals surface area contributed by atoms with E-state index in [0.717, 1.165) is 6.54 Å². The van der Waals surface area contributed by atoms with Crippen LogP contribution in [0.25, 0.3) is 0 Å². The highest BCUT2D eigenvalue weighted by Crippen LogP contribution is 2.15. The minimum absolute atomic E-state index is 0.0500. The van der Waals surface area contributed by atoms with Gasteiger partial charge in [0.05, 0.1) is 0 Å². The van der Waals surface area contributed by atoms with E-state index >= 15 is 0 Å². The van der Waals surface area contributed by atoms with Gasteiger partial charge in [0.15, 0.2) is 0 Å². The van der Waals surface area contributed by atoms with Crippen molar-refractivity contribution in [3.63, 3.8) is 0 Å². The van der Waals surface area contributed by atoms with Crippen LogP contribution in [0.5, 0.6) is 0 Å². The first-order valence-electron chi connectivity index (χ1n) is 5.25. The van der Waals surface area contributed by atoms with E-state index in [2.05, 4.69) is 10.3 Å². The van der Waals surface area contributed by atoms with Gasteiger partial charge in [-0.1, -0.05) is 11.6 Å². The summed E-state index contributed by atoms with van der Waals surface area (Å²) in [5, 5.41) is 3.36. The molecule has 0 aliphatic heterocycles. The van der Waals surface area contributed by atoms with Gasteiger partial charge >= 0.3 is 0 Å². The third kappa shape index (κ3) is 3.10. The smallest absolute Gasteiger partial charge is 0.253 e. The number of nitrogens with one attached hydrogen (secondary N) is 1.